The third-order valence-corrected chi connectivity index (χ3v) is 7.05. The molecule has 1 fully saturated rings. The van der Waals surface area contributed by atoms with Crippen LogP contribution in [0.2, 0.25) is 5.15 Å². The van der Waals surface area contributed by atoms with Crippen molar-refractivity contribution in [3.05, 3.63) is 21.9 Å². The van der Waals surface area contributed by atoms with Gasteiger partial charge < -0.3 is 0 Å². The average molecular weight is 386 g/mol. The van der Waals surface area contributed by atoms with Crippen LogP contribution in [0.25, 0.3) is 0 Å². The monoisotopic (exact) mass is 384 g/mol. The molecule has 1 unspecified atom stereocenters. The summed E-state index contributed by atoms with van der Waals surface area (Å²) in [5, 5.41) is 0.372. The first kappa shape index (κ1) is 15.6. The van der Waals surface area contributed by atoms with E-state index >= 15 is 0 Å². The molecule has 1 aliphatic heterocycles. The second-order valence-corrected chi connectivity index (χ2v) is 8.79. The lowest BCUT2D eigenvalue weighted by Gasteiger charge is -2.31. The fourth-order valence-electron chi connectivity index (χ4n) is 1.88. The molecule has 0 aliphatic carbocycles. The lowest BCUT2D eigenvalue weighted by Crippen LogP contribution is -2.41. The lowest BCUT2D eigenvalue weighted by molar-refractivity contribution is 0.416. The summed E-state index contributed by atoms with van der Waals surface area (Å²) in [5.41, 5.74) is 0. The number of nitrogens with zero attached hydrogens (tertiary/aromatic N) is 2. The van der Waals surface area contributed by atoms with E-state index in [0.29, 0.717) is 22.8 Å². The van der Waals surface area contributed by atoms with Gasteiger partial charge in [0, 0.05) is 34.8 Å². The van der Waals surface area contributed by atoms with E-state index in [1.165, 1.54) is 16.6 Å². The van der Waals surface area contributed by atoms with E-state index in [-0.39, 0.29) is 10.0 Å². The van der Waals surface area contributed by atoms with Gasteiger partial charge >= 0.3 is 0 Å². The van der Waals surface area contributed by atoms with Crippen LogP contribution in [-0.4, -0.2) is 41.8 Å². The third-order valence-electron chi connectivity index (χ3n) is 2.95. The maximum absolute atomic E-state index is 12.6. The topological polar surface area (TPSA) is 50.3 Å². The summed E-state index contributed by atoms with van der Waals surface area (Å²) in [6, 6.07) is 1.51. The molecule has 0 aromatic carbocycles. The lowest BCUT2D eigenvalue weighted by atomic mass is 10.3. The second kappa shape index (κ2) is 6.30. The van der Waals surface area contributed by atoms with Crippen molar-refractivity contribution in [1.29, 1.82) is 0 Å². The van der Waals surface area contributed by atoms with Crippen molar-refractivity contribution in [3.8, 4) is 0 Å². The van der Waals surface area contributed by atoms with Crippen molar-refractivity contribution in [2.75, 3.05) is 18.8 Å². The Kier molecular flexibility index (Phi) is 5.16. The molecule has 0 spiro atoms. The number of sulfonamides is 1. The Hall–Kier alpha value is 0.180. The summed E-state index contributed by atoms with van der Waals surface area (Å²) in [6.07, 6.45) is 2.45. The van der Waals surface area contributed by atoms with E-state index in [4.69, 9.17) is 11.6 Å². The Morgan fingerprint density at radius 1 is 1.63 bits per heavy atom. The normalized spacial score (nSPS) is 21.5. The summed E-state index contributed by atoms with van der Waals surface area (Å²) in [7, 11) is -3.56. The molecule has 0 bridgehead atoms. The van der Waals surface area contributed by atoms with Crippen molar-refractivity contribution in [3.63, 3.8) is 0 Å². The minimum absolute atomic E-state index is 0.0227. The van der Waals surface area contributed by atoms with Crippen LogP contribution in [0.1, 0.15) is 13.3 Å². The van der Waals surface area contributed by atoms with Crippen LogP contribution in [0.5, 0.6) is 0 Å². The van der Waals surface area contributed by atoms with E-state index in [9.17, 15) is 8.42 Å². The number of hydrogen-bond acceptors (Lipinski definition) is 4. The van der Waals surface area contributed by atoms with Gasteiger partial charge in [-0.2, -0.15) is 16.1 Å². The number of aromatic nitrogens is 1. The molecule has 106 valence electrons. The van der Waals surface area contributed by atoms with Crippen molar-refractivity contribution in [1.82, 2.24) is 9.29 Å². The molecule has 0 saturated carbocycles. The molecule has 1 aromatic rings. The molecule has 0 radical (unpaired) electrons. The zero-order chi connectivity index (χ0) is 14.0. The van der Waals surface area contributed by atoms with Gasteiger partial charge in [-0.25, -0.2) is 13.4 Å². The van der Waals surface area contributed by atoms with Crippen LogP contribution in [0.4, 0.5) is 0 Å². The number of halogens is 2. The van der Waals surface area contributed by atoms with Crippen LogP contribution in [0.15, 0.2) is 21.6 Å². The van der Waals surface area contributed by atoms with Crippen LogP contribution in [-0.2, 0) is 10.0 Å². The van der Waals surface area contributed by atoms with Crippen molar-refractivity contribution < 1.29 is 8.42 Å². The van der Waals surface area contributed by atoms with Crippen LogP contribution in [0.3, 0.4) is 0 Å². The largest absolute Gasteiger partial charge is 0.246 e. The standard InChI is InChI=1S/C11H14BrClN2O2S2/c1-2-9-7-15(3-4-18-9)19(16,17)10-5-8(12)6-14-11(10)13/h5-6,9H,2-4,7H2,1H3. The number of thioether (sulfide) groups is 1. The highest BCUT2D eigenvalue weighted by Crippen LogP contribution is 2.29. The van der Waals surface area contributed by atoms with Crippen LogP contribution in [0, 0.1) is 0 Å². The quantitative estimate of drug-likeness (QED) is 0.751. The maximum atomic E-state index is 12.6. The van der Waals surface area contributed by atoms with Crippen molar-refractivity contribution in [2.45, 2.75) is 23.5 Å². The smallest absolute Gasteiger partial charge is 0.242 e. The zero-order valence-corrected chi connectivity index (χ0v) is 14.3. The van der Waals surface area contributed by atoms with Gasteiger partial charge in [-0.3, -0.25) is 0 Å². The first-order chi connectivity index (χ1) is 8.95. The Labute approximate surface area is 131 Å². The molecule has 2 rings (SSSR count). The van der Waals surface area contributed by atoms with Gasteiger partial charge in [0.1, 0.15) is 10.0 Å². The molecule has 1 saturated heterocycles. The number of pyridine rings is 1. The van der Waals surface area contributed by atoms with Crippen LogP contribution < -0.4 is 0 Å². The Balaban J connectivity index is 2.34. The molecular formula is C11H14BrClN2O2S2. The van der Waals surface area contributed by atoms with Gasteiger partial charge in [-0.15, -0.1) is 0 Å². The van der Waals surface area contributed by atoms with E-state index in [1.807, 2.05) is 11.8 Å². The molecule has 1 aromatic heterocycles. The molecule has 2 heterocycles. The molecule has 19 heavy (non-hydrogen) atoms. The highest BCUT2D eigenvalue weighted by Gasteiger charge is 2.31. The van der Waals surface area contributed by atoms with Gasteiger partial charge in [0.2, 0.25) is 10.0 Å². The summed E-state index contributed by atoms with van der Waals surface area (Å²) >= 11 is 11.0. The van der Waals surface area contributed by atoms with E-state index < -0.39 is 10.0 Å². The molecule has 0 N–H and O–H groups in total. The Morgan fingerprint density at radius 2 is 2.37 bits per heavy atom. The van der Waals surface area contributed by atoms with Gasteiger partial charge in [0.15, 0.2) is 0 Å². The van der Waals surface area contributed by atoms with Gasteiger partial charge in [0.05, 0.1) is 0 Å². The van der Waals surface area contributed by atoms with E-state index in [1.54, 1.807) is 0 Å². The highest BCUT2D eigenvalue weighted by atomic mass is 79.9. The molecule has 1 atom stereocenters. The minimum Gasteiger partial charge on any atom is -0.242 e. The van der Waals surface area contributed by atoms with E-state index in [0.717, 1.165) is 12.2 Å². The molecular weight excluding hydrogens is 372 g/mol. The van der Waals surface area contributed by atoms with E-state index in [2.05, 4.69) is 27.8 Å². The molecule has 0 amide bonds. The van der Waals surface area contributed by atoms with Crippen molar-refractivity contribution in [2.24, 2.45) is 0 Å². The number of hydrogen-bond donors (Lipinski definition) is 0. The predicted octanol–water partition coefficient (Wildman–Crippen LogP) is 3.01. The molecule has 8 heteroatoms. The predicted molar refractivity (Wildman–Crippen MR) is 82.2 cm³/mol. The Morgan fingerprint density at radius 3 is 3.05 bits per heavy atom. The van der Waals surface area contributed by atoms with Crippen LogP contribution >= 0.6 is 39.3 Å². The van der Waals surface area contributed by atoms with Crippen molar-refractivity contribution >= 4 is 49.3 Å². The minimum atomic E-state index is -3.56. The summed E-state index contributed by atoms with van der Waals surface area (Å²) in [5.74, 6) is 0.816. The number of rotatable bonds is 3. The Bertz CT molecular complexity index is 568. The molecule has 4 nitrogen and oxygen atoms in total. The average Bonchev–Trinajstić information content (AvgIpc) is 2.41. The maximum Gasteiger partial charge on any atom is 0.246 e. The summed E-state index contributed by atoms with van der Waals surface area (Å²) < 4.78 is 27.3. The SMILES string of the molecule is CCC1CN(S(=O)(=O)c2cc(Br)cnc2Cl)CCS1. The fraction of sp³-hybridized carbons (Fsp3) is 0.545. The first-order valence-corrected chi connectivity index (χ1v) is 9.54. The zero-order valence-electron chi connectivity index (χ0n) is 10.3. The highest BCUT2D eigenvalue weighted by molar-refractivity contribution is 9.10. The van der Waals surface area contributed by atoms with Gasteiger partial charge in [-0.1, -0.05) is 18.5 Å². The molecule has 1 aliphatic rings. The summed E-state index contributed by atoms with van der Waals surface area (Å²) in [4.78, 5) is 3.96. The summed E-state index contributed by atoms with van der Waals surface area (Å²) in [6.45, 7) is 3.13. The first-order valence-electron chi connectivity index (χ1n) is 5.88. The van der Waals surface area contributed by atoms with Gasteiger partial charge in [0.25, 0.3) is 0 Å². The third kappa shape index (κ3) is 3.44. The second-order valence-electron chi connectivity index (χ2n) is 4.21. The van der Waals surface area contributed by atoms with Gasteiger partial charge in [-0.05, 0) is 28.4 Å². The fourth-order valence-corrected chi connectivity index (χ4v) is 5.68.